The predicted molar refractivity (Wildman–Crippen MR) is 104 cm³/mol. The minimum absolute atomic E-state index is 0.477. The van der Waals surface area contributed by atoms with Crippen LogP contribution in [0.25, 0.3) is 33.4 Å². The second-order valence-corrected chi connectivity index (χ2v) is 6.41. The standard InChI is InChI=1S/C19H14Cl2N4/c1-22-13-5-2-4-11(8-13)12-9-16-19(23-10-12)18(25-24-16)14-6-3-7-15(20)17(14)21/h2-10,22H,1H3,(H,24,25). The van der Waals surface area contributed by atoms with Crippen LogP contribution in [0.1, 0.15) is 0 Å². The van der Waals surface area contributed by atoms with Crippen LogP contribution < -0.4 is 5.32 Å². The molecule has 25 heavy (non-hydrogen) atoms. The van der Waals surface area contributed by atoms with Crippen molar-refractivity contribution in [3.8, 4) is 22.4 Å². The third kappa shape index (κ3) is 2.84. The molecule has 4 nitrogen and oxygen atoms in total. The summed E-state index contributed by atoms with van der Waals surface area (Å²) in [7, 11) is 1.90. The number of anilines is 1. The summed E-state index contributed by atoms with van der Waals surface area (Å²) in [5.41, 5.74) is 6.20. The van der Waals surface area contributed by atoms with Gasteiger partial charge in [-0.3, -0.25) is 10.1 Å². The molecule has 0 fully saturated rings. The highest BCUT2D eigenvalue weighted by Gasteiger charge is 2.15. The van der Waals surface area contributed by atoms with E-state index in [1.807, 2.05) is 43.6 Å². The lowest BCUT2D eigenvalue weighted by Crippen LogP contribution is -1.88. The summed E-state index contributed by atoms with van der Waals surface area (Å²) in [5.74, 6) is 0. The number of benzene rings is 2. The van der Waals surface area contributed by atoms with Gasteiger partial charge in [0.15, 0.2) is 0 Å². The van der Waals surface area contributed by atoms with Gasteiger partial charge in [0.1, 0.15) is 11.2 Å². The molecule has 0 amide bonds. The molecule has 6 heteroatoms. The molecule has 4 rings (SSSR count). The number of nitrogens with one attached hydrogen (secondary N) is 2. The van der Waals surface area contributed by atoms with E-state index in [2.05, 4.69) is 32.6 Å². The molecule has 2 aromatic carbocycles. The Morgan fingerprint density at radius 3 is 2.68 bits per heavy atom. The Bertz CT molecular complexity index is 1070. The zero-order valence-electron chi connectivity index (χ0n) is 13.3. The van der Waals surface area contributed by atoms with Crippen LogP contribution in [0.15, 0.2) is 54.7 Å². The SMILES string of the molecule is CNc1cccc(-c2cnc3c(-c4cccc(Cl)c4Cl)n[nH]c3c2)c1. The number of pyridine rings is 1. The Morgan fingerprint density at radius 2 is 1.84 bits per heavy atom. The third-order valence-electron chi connectivity index (χ3n) is 4.09. The monoisotopic (exact) mass is 368 g/mol. The number of halogens is 2. The number of hydrogen-bond acceptors (Lipinski definition) is 3. The van der Waals surface area contributed by atoms with Crippen molar-refractivity contribution < 1.29 is 0 Å². The van der Waals surface area contributed by atoms with Crippen LogP contribution in [-0.4, -0.2) is 22.2 Å². The van der Waals surface area contributed by atoms with Crippen molar-refractivity contribution in [3.05, 3.63) is 64.8 Å². The molecule has 2 N–H and O–H groups in total. The summed E-state index contributed by atoms with van der Waals surface area (Å²) < 4.78 is 0. The summed E-state index contributed by atoms with van der Waals surface area (Å²) in [6, 6.07) is 15.7. The van der Waals surface area contributed by atoms with Gasteiger partial charge in [0, 0.05) is 30.1 Å². The predicted octanol–water partition coefficient (Wildman–Crippen LogP) is 5.64. The van der Waals surface area contributed by atoms with Gasteiger partial charge in [0.25, 0.3) is 0 Å². The molecule has 2 aromatic heterocycles. The van der Waals surface area contributed by atoms with E-state index < -0.39 is 0 Å². The minimum Gasteiger partial charge on any atom is -0.388 e. The lowest BCUT2D eigenvalue weighted by molar-refractivity contribution is 1.12. The average Bonchev–Trinajstić information content (AvgIpc) is 3.07. The van der Waals surface area contributed by atoms with Crippen molar-refractivity contribution >= 4 is 39.9 Å². The molecule has 0 radical (unpaired) electrons. The van der Waals surface area contributed by atoms with Crippen LogP contribution >= 0.6 is 23.2 Å². The topological polar surface area (TPSA) is 53.6 Å². The first-order valence-corrected chi connectivity index (χ1v) is 8.49. The number of H-pyrrole nitrogens is 1. The third-order valence-corrected chi connectivity index (χ3v) is 4.91. The first-order chi connectivity index (χ1) is 12.2. The summed E-state index contributed by atoms with van der Waals surface area (Å²) >= 11 is 12.4. The fraction of sp³-hybridized carbons (Fsp3) is 0.0526. The number of rotatable bonds is 3. The van der Waals surface area contributed by atoms with Gasteiger partial charge in [0.2, 0.25) is 0 Å². The summed E-state index contributed by atoms with van der Waals surface area (Å²) in [4.78, 5) is 4.60. The maximum atomic E-state index is 6.33. The first-order valence-electron chi connectivity index (χ1n) is 7.74. The van der Waals surface area contributed by atoms with E-state index >= 15 is 0 Å². The lowest BCUT2D eigenvalue weighted by atomic mass is 10.1. The molecular weight excluding hydrogens is 355 g/mol. The van der Waals surface area contributed by atoms with E-state index in [9.17, 15) is 0 Å². The number of hydrogen-bond donors (Lipinski definition) is 2. The first kappa shape index (κ1) is 15.9. The fourth-order valence-corrected chi connectivity index (χ4v) is 3.18. The lowest BCUT2D eigenvalue weighted by Gasteiger charge is -2.05. The van der Waals surface area contributed by atoms with Gasteiger partial charge in [-0.05, 0) is 29.8 Å². The Kier molecular flexibility index (Phi) is 4.07. The van der Waals surface area contributed by atoms with Crippen LogP contribution in [0.2, 0.25) is 10.0 Å². The van der Waals surface area contributed by atoms with Crippen molar-refractivity contribution in [2.45, 2.75) is 0 Å². The molecule has 0 saturated carbocycles. The number of fused-ring (bicyclic) bond motifs is 1. The molecule has 0 unspecified atom stereocenters. The van der Waals surface area contributed by atoms with E-state index in [4.69, 9.17) is 23.2 Å². The molecule has 0 aliphatic carbocycles. The van der Waals surface area contributed by atoms with Gasteiger partial charge >= 0.3 is 0 Å². The maximum absolute atomic E-state index is 6.33. The van der Waals surface area contributed by atoms with E-state index in [0.29, 0.717) is 15.7 Å². The molecular formula is C19H14Cl2N4. The second-order valence-electron chi connectivity index (χ2n) is 5.62. The largest absolute Gasteiger partial charge is 0.388 e. The van der Waals surface area contributed by atoms with Crippen LogP contribution in [0.3, 0.4) is 0 Å². The molecule has 2 heterocycles. The second kappa shape index (κ2) is 6.39. The van der Waals surface area contributed by atoms with Gasteiger partial charge in [-0.1, -0.05) is 47.5 Å². The number of nitrogens with zero attached hydrogens (tertiary/aromatic N) is 2. The molecule has 0 aliphatic heterocycles. The average molecular weight is 369 g/mol. The molecule has 0 aliphatic rings. The maximum Gasteiger partial charge on any atom is 0.120 e. The van der Waals surface area contributed by atoms with E-state index in [-0.39, 0.29) is 0 Å². The molecule has 4 aromatic rings. The molecule has 0 saturated heterocycles. The highest BCUT2D eigenvalue weighted by Crippen LogP contribution is 2.35. The fourth-order valence-electron chi connectivity index (χ4n) is 2.79. The van der Waals surface area contributed by atoms with Crippen LogP contribution in [-0.2, 0) is 0 Å². The molecule has 0 spiro atoms. The van der Waals surface area contributed by atoms with Crippen molar-refractivity contribution in [1.29, 1.82) is 0 Å². The minimum atomic E-state index is 0.477. The van der Waals surface area contributed by atoms with Crippen molar-refractivity contribution in [2.24, 2.45) is 0 Å². The Morgan fingerprint density at radius 1 is 1.00 bits per heavy atom. The molecule has 0 atom stereocenters. The van der Waals surface area contributed by atoms with Crippen molar-refractivity contribution in [3.63, 3.8) is 0 Å². The van der Waals surface area contributed by atoms with Gasteiger partial charge in [-0.15, -0.1) is 0 Å². The van der Waals surface area contributed by atoms with Crippen molar-refractivity contribution in [2.75, 3.05) is 12.4 Å². The molecule has 124 valence electrons. The Labute approximate surface area is 154 Å². The smallest absolute Gasteiger partial charge is 0.120 e. The quantitative estimate of drug-likeness (QED) is 0.491. The van der Waals surface area contributed by atoms with Gasteiger partial charge in [-0.2, -0.15) is 5.10 Å². The molecule has 0 bridgehead atoms. The summed E-state index contributed by atoms with van der Waals surface area (Å²) in [5, 5.41) is 11.6. The van der Waals surface area contributed by atoms with E-state index in [1.54, 1.807) is 6.07 Å². The summed E-state index contributed by atoms with van der Waals surface area (Å²) in [6.45, 7) is 0. The zero-order valence-corrected chi connectivity index (χ0v) is 14.9. The highest BCUT2D eigenvalue weighted by atomic mass is 35.5. The van der Waals surface area contributed by atoms with Gasteiger partial charge in [0.05, 0.1) is 15.6 Å². The highest BCUT2D eigenvalue weighted by molar-refractivity contribution is 6.43. The van der Waals surface area contributed by atoms with Crippen LogP contribution in [0.4, 0.5) is 5.69 Å². The van der Waals surface area contributed by atoms with E-state index in [0.717, 1.165) is 33.4 Å². The Hall–Kier alpha value is -2.56. The van der Waals surface area contributed by atoms with Gasteiger partial charge in [-0.25, -0.2) is 0 Å². The van der Waals surface area contributed by atoms with Gasteiger partial charge < -0.3 is 5.32 Å². The van der Waals surface area contributed by atoms with Crippen LogP contribution in [0, 0.1) is 0 Å². The zero-order chi connectivity index (χ0) is 17.4. The normalized spacial score (nSPS) is 11.0. The van der Waals surface area contributed by atoms with Crippen molar-refractivity contribution in [1.82, 2.24) is 15.2 Å². The van der Waals surface area contributed by atoms with Crippen LogP contribution in [0.5, 0.6) is 0 Å². The van der Waals surface area contributed by atoms with E-state index in [1.165, 1.54) is 0 Å². The Balaban J connectivity index is 1.83. The number of aromatic nitrogens is 3. The number of aromatic amines is 1. The summed E-state index contributed by atoms with van der Waals surface area (Å²) in [6.07, 6.45) is 1.84.